The van der Waals surface area contributed by atoms with Gasteiger partial charge in [-0.2, -0.15) is 5.10 Å². The number of hydrazone groups is 1. The predicted molar refractivity (Wildman–Crippen MR) is 123 cm³/mol. The van der Waals surface area contributed by atoms with Gasteiger partial charge in [0.25, 0.3) is 5.91 Å². The number of hydrogen-bond donors (Lipinski definition) is 0. The molecular formula is C25H31N3O4. The minimum absolute atomic E-state index is 0.0184. The molecule has 0 unspecified atom stereocenters. The molecule has 0 aliphatic carbocycles. The van der Waals surface area contributed by atoms with Gasteiger partial charge in [-0.25, -0.2) is 5.01 Å². The van der Waals surface area contributed by atoms with Gasteiger partial charge < -0.3 is 14.2 Å². The second-order valence-corrected chi connectivity index (χ2v) is 8.32. The van der Waals surface area contributed by atoms with Crippen LogP contribution in [0.15, 0.2) is 41.5 Å². The maximum Gasteiger partial charge on any atom is 0.257 e. The lowest BCUT2D eigenvalue weighted by molar-refractivity contribution is -0.135. The number of aryl methyl sites for hydroxylation is 2. The summed E-state index contributed by atoms with van der Waals surface area (Å²) in [6.45, 7) is 7.29. The molecule has 0 aromatic heterocycles. The van der Waals surface area contributed by atoms with Crippen LogP contribution in [0.25, 0.3) is 0 Å². The van der Waals surface area contributed by atoms with Crippen molar-refractivity contribution in [3.8, 4) is 11.5 Å². The monoisotopic (exact) mass is 437 g/mol. The molecule has 1 fully saturated rings. The number of hydrogen-bond acceptors (Lipinski definition) is 6. The summed E-state index contributed by atoms with van der Waals surface area (Å²) >= 11 is 0. The van der Waals surface area contributed by atoms with Crippen molar-refractivity contribution in [2.24, 2.45) is 5.10 Å². The summed E-state index contributed by atoms with van der Waals surface area (Å²) in [6, 6.07) is 11.8. The van der Waals surface area contributed by atoms with E-state index in [2.05, 4.69) is 36.9 Å². The van der Waals surface area contributed by atoms with Crippen LogP contribution in [0.1, 0.15) is 34.7 Å². The molecule has 0 spiro atoms. The van der Waals surface area contributed by atoms with Crippen LogP contribution in [0.4, 0.5) is 0 Å². The zero-order valence-electron chi connectivity index (χ0n) is 19.3. The van der Waals surface area contributed by atoms with E-state index in [1.54, 1.807) is 19.2 Å². The quantitative estimate of drug-likeness (QED) is 0.694. The Morgan fingerprint density at radius 1 is 1.09 bits per heavy atom. The summed E-state index contributed by atoms with van der Waals surface area (Å²) < 4.78 is 16.5. The average Bonchev–Trinajstić information content (AvgIpc) is 3.26. The number of morpholine rings is 1. The first kappa shape index (κ1) is 22.3. The van der Waals surface area contributed by atoms with E-state index in [1.165, 1.54) is 5.56 Å². The van der Waals surface area contributed by atoms with Gasteiger partial charge in [0.2, 0.25) is 0 Å². The average molecular weight is 438 g/mol. The van der Waals surface area contributed by atoms with E-state index in [-0.39, 0.29) is 11.9 Å². The standard InChI is InChI=1S/C25H31N3O4/c1-17-5-6-18(2)21(13-17)22-15-23(20-8-7-19(30-3)14-24(20)31-4)28(26-22)25(29)16-27-9-11-32-12-10-27/h5-8,13-14,23H,9-12,15-16H2,1-4H3/t23-/m0/s1. The third kappa shape index (κ3) is 4.64. The first-order chi connectivity index (χ1) is 15.5. The summed E-state index contributed by atoms with van der Waals surface area (Å²) in [4.78, 5) is 15.5. The number of carbonyl (C=O) groups is 1. The van der Waals surface area contributed by atoms with Crippen LogP contribution in [0.5, 0.6) is 11.5 Å². The molecule has 2 aromatic carbocycles. The van der Waals surface area contributed by atoms with Gasteiger partial charge in [0, 0.05) is 36.7 Å². The first-order valence-electron chi connectivity index (χ1n) is 11.0. The van der Waals surface area contributed by atoms with Crippen LogP contribution in [0.3, 0.4) is 0 Å². The highest BCUT2D eigenvalue weighted by atomic mass is 16.5. The lowest BCUT2D eigenvalue weighted by Crippen LogP contribution is -2.43. The molecule has 7 nitrogen and oxygen atoms in total. The van der Waals surface area contributed by atoms with Gasteiger partial charge in [-0.15, -0.1) is 0 Å². The predicted octanol–water partition coefficient (Wildman–Crippen LogP) is 3.33. The van der Waals surface area contributed by atoms with Crippen LogP contribution in [0.2, 0.25) is 0 Å². The molecule has 7 heteroatoms. The van der Waals surface area contributed by atoms with E-state index in [0.717, 1.165) is 35.5 Å². The number of amides is 1. The van der Waals surface area contributed by atoms with E-state index in [0.29, 0.717) is 37.7 Å². The second-order valence-electron chi connectivity index (χ2n) is 8.32. The molecule has 170 valence electrons. The highest BCUT2D eigenvalue weighted by Crippen LogP contribution is 2.39. The number of rotatable bonds is 6. The van der Waals surface area contributed by atoms with Crippen LogP contribution in [-0.2, 0) is 9.53 Å². The van der Waals surface area contributed by atoms with E-state index in [4.69, 9.17) is 19.3 Å². The topological polar surface area (TPSA) is 63.6 Å². The van der Waals surface area contributed by atoms with E-state index in [9.17, 15) is 4.79 Å². The Balaban J connectivity index is 1.69. The highest BCUT2D eigenvalue weighted by molar-refractivity contribution is 6.04. The largest absolute Gasteiger partial charge is 0.497 e. The number of carbonyl (C=O) groups excluding carboxylic acids is 1. The van der Waals surface area contributed by atoms with Gasteiger partial charge in [-0.1, -0.05) is 17.7 Å². The summed E-state index contributed by atoms with van der Waals surface area (Å²) in [5.74, 6) is 1.39. The molecule has 0 saturated carbocycles. The van der Waals surface area contributed by atoms with Crippen molar-refractivity contribution in [2.75, 3.05) is 47.1 Å². The molecule has 0 radical (unpaired) electrons. The number of methoxy groups -OCH3 is 2. The van der Waals surface area contributed by atoms with Crippen LogP contribution in [0, 0.1) is 13.8 Å². The van der Waals surface area contributed by atoms with Gasteiger partial charge in [0.15, 0.2) is 0 Å². The normalized spacial score (nSPS) is 19.1. The van der Waals surface area contributed by atoms with Crippen molar-refractivity contribution in [3.05, 3.63) is 58.7 Å². The lowest BCUT2D eigenvalue weighted by Gasteiger charge is -2.29. The van der Waals surface area contributed by atoms with Gasteiger partial charge in [0.05, 0.1) is 45.7 Å². The maximum absolute atomic E-state index is 13.4. The van der Waals surface area contributed by atoms with Crippen molar-refractivity contribution in [1.82, 2.24) is 9.91 Å². The van der Waals surface area contributed by atoms with E-state index >= 15 is 0 Å². The molecule has 1 saturated heterocycles. The molecule has 0 N–H and O–H groups in total. The van der Waals surface area contributed by atoms with E-state index in [1.807, 2.05) is 18.2 Å². The second kappa shape index (κ2) is 9.71. The van der Waals surface area contributed by atoms with Crippen LogP contribution >= 0.6 is 0 Å². The molecule has 2 aliphatic rings. The smallest absolute Gasteiger partial charge is 0.257 e. The summed E-state index contributed by atoms with van der Waals surface area (Å²) in [7, 11) is 3.27. The lowest BCUT2D eigenvalue weighted by atomic mass is 9.94. The fraction of sp³-hybridized carbons (Fsp3) is 0.440. The zero-order valence-corrected chi connectivity index (χ0v) is 19.3. The Morgan fingerprint density at radius 3 is 2.59 bits per heavy atom. The Bertz CT molecular complexity index is 1010. The number of nitrogens with zero attached hydrogens (tertiary/aromatic N) is 3. The van der Waals surface area contributed by atoms with Gasteiger partial charge in [-0.05, 0) is 37.6 Å². The van der Waals surface area contributed by atoms with Crippen molar-refractivity contribution in [2.45, 2.75) is 26.3 Å². The SMILES string of the molecule is COc1ccc([C@@H]2CC(c3cc(C)ccc3C)=NN2C(=O)CN2CCOCC2)c(OC)c1. The van der Waals surface area contributed by atoms with Gasteiger partial charge in [0.1, 0.15) is 11.5 Å². The molecule has 1 atom stereocenters. The molecule has 2 aliphatic heterocycles. The Morgan fingerprint density at radius 2 is 1.88 bits per heavy atom. The third-order valence-corrected chi connectivity index (χ3v) is 6.13. The minimum atomic E-state index is -0.237. The van der Waals surface area contributed by atoms with Crippen molar-refractivity contribution < 1.29 is 19.0 Å². The Hall–Kier alpha value is -2.90. The summed E-state index contributed by atoms with van der Waals surface area (Å²) in [5, 5.41) is 6.51. The Labute approximate surface area is 189 Å². The molecule has 0 bridgehead atoms. The first-order valence-corrected chi connectivity index (χ1v) is 11.0. The van der Waals surface area contributed by atoms with Crippen LogP contribution < -0.4 is 9.47 Å². The fourth-order valence-electron chi connectivity index (χ4n) is 4.31. The third-order valence-electron chi connectivity index (χ3n) is 6.13. The zero-order chi connectivity index (χ0) is 22.7. The highest BCUT2D eigenvalue weighted by Gasteiger charge is 2.36. The summed E-state index contributed by atoms with van der Waals surface area (Å²) in [5.41, 5.74) is 5.25. The molecule has 1 amide bonds. The number of ether oxygens (including phenoxy) is 3. The molecule has 2 aromatic rings. The van der Waals surface area contributed by atoms with Gasteiger partial charge in [-0.3, -0.25) is 9.69 Å². The van der Waals surface area contributed by atoms with Crippen molar-refractivity contribution in [3.63, 3.8) is 0 Å². The molecule has 32 heavy (non-hydrogen) atoms. The van der Waals surface area contributed by atoms with E-state index < -0.39 is 0 Å². The number of benzene rings is 2. The summed E-state index contributed by atoms with van der Waals surface area (Å²) in [6.07, 6.45) is 0.627. The van der Waals surface area contributed by atoms with Crippen molar-refractivity contribution in [1.29, 1.82) is 0 Å². The maximum atomic E-state index is 13.4. The van der Waals surface area contributed by atoms with Gasteiger partial charge >= 0.3 is 0 Å². The Kier molecular flexibility index (Phi) is 6.77. The minimum Gasteiger partial charge on any atom is -0.497 e. The molecular weight excluding hydrogens is 406 g/mol. The molecule has 2 heterocycles. The molecule has 4 rings (SSSR count). The van der Waals surface area contributed by atoms with Crippen LogP contribution in [-0.4, -0.2) is 68.6 Å². The van der Waals surface area contributed by atoms with Crippen molar-refractivity contribution >= 4 is 11.6 Å². The fourth-order valence-corrected chi connectivity index (χ4v) is 4.31.